The molecule has 1 amide bonds. The van der Waals surface area contributed by atoms with Crippen LogP contribution >= 0.6 is 23.2 Å². The predicted octanol–water partition coefficient (Wildman–Crippen LogP) is 2.02. The van der Waals surface area contributed by atoms with Crippen LogP contribution in [0.4, 0.5) is 0 Å². The molecule has 0 spiro atoms. The molecule has 0 saturated heterocycles. The lowest BCUT2D eigenvalue weighted by atomic mass is 10.3. The minimum absolute atomic E-state index is 0.0219. The van der Waals surface area contributed by atoms with Crippen molar-refractivity contribution >= 4 is 45.4 Å². The fourth-order valence-electron chi connectivity index (χ4n) is 1.47. The van der Waals surface area contributed by atoms with Crippen LogP contribution in [0.15, 0.2) is 44.9 Å². The number of carbonyl (C=O) groups is 1. The number of furan rings is 1. The van der Waals surface area contributed by atoms with Crippen molar-refractivity contribution in [2.75, 3.05) is 6.61 Å². The Morgan fingerprint density at radius 1 is 1.33 bits per heavy atom. The molecule has 128 valence electrons. The van der Waals surface area contributed by atoms with Crippen molar-refractivity contribution < 1.29 is 26.9 Å². The van der Waals surface area contributed by atoms with E-state index in [0.29, 0.717) is 5.02 Å². The fourth-order valence-corrected chi connectivity index (χ4v) is 2.37. The zero-order valence-corrected chi connectivity index (χ0v) is 14.1. The summed E-state index contributed by atoms with van der Waals surface area (Å²) < 4.78 is 42.0. The van der Waals surface area contributed by atoms with Gasteiger partial charge in [-0.05, 0) is 30.3 Å². The van der Waals surface area contributed by atoms with Crippen molar-refractivity contribution in [3.63, 3.8) is 0 Å². The summed E-state index contributed by atoms with van der Waals surface area (Å²) in [5, 5.41) is 3.48. The van der Waals surface area contributed by atoms with Gasteiger partial charge in [0.15, 0.2) is 16.7 Å². The summed E-state index contributed by atoms with van der Waals surface area (Å²) in [7, 11) is -4.68. The topological polar surface area (TPSA) is 121 Å². The smallest absolute Gasteiger partial charge is 0.277 e. The van der Waals surface area contributed by atoms with Crippen molar-refractivity contribution in [1.82, 2.24) is 5.43 Å². The first-order valence-electron chi connectivity index (χ1n) is 6.21. The minimum atomic E-state index is -4.68. The van der Waals surface area contributed by atoms with Gasteiger partial charge in [-0.1, -0.05) is 23.2 Å². The molecule has 8 nitrogen and oxygen atoms in total. The van der Waals surface area contributed by atoms with Gasteiger partial charge in [0.2, 0.25) is 5.09 Å². The summed E-state index contributed by atoms with van der Waals surface area (Å²) in [5.74, 6) is -0.344. The molecule has 1 aromatic heterocycles. The van der Waals surface area contributed by atoms with Gasteiger partial charge in [0.25, 0.3) is 5.91 Å². The molecule has 0 aliphatic heterocycles. The van der Waals surface area contributed by atoms with E-state index < -0.39 is 21.1 Å². The summed E-state index contributed by atoms with van der Waals surface area (Å²) in [6.07, 6.45) is 1.03. The zero-order chi connectivity index (χ0) is 17.7. The minimum Gasteiger partial charge on any atom is -0.742 e. The number of hydrazone groups is 1. The van der Waals surface area contributed by atoms with Gasteiger partial charge in [-0.2, -0.15) is 5.10 Å². The summed E-state index contributed by atoms with van der Waals surface area (Å²) in [6, 6.07) is 6.72. The molecular weight excluding hydrogens is 383 g/mol. The van der Waals surface area contributed by atoms with E-state index in [4.69, 9.17) is 32.4 Å². The van der Waals surface area contributed by atoms with Crippen LogP contribution in [0.3, 0.4) is 0 Å². The normalized spacial score (nSPS) is 11.6. The van der Waals surface area contributed by atoms with Gasteiger partial charge in [0.1, 0.15) is 11.5 Å². The van der Waals surface area contributed by atoms with Crippen LogP contribution in [0.2, 0.25) is 10.0 Å². The van der Waals surface area contributed by atoms with Crippen molar-refractivity contribution in [3.8, 4) is 5.75 Å². The summed E-state index contributed by atoms with van der Waals surface area (Å²) in [4.78, 5) is 11.6. The lowest BCUT2D eigenvalue weighted by Crippen LogP contribution is -2.24. The second-order valence-electron chi connectivity index (χ2n) is 4.27. The van der Waals surface area contributed by atoms with Crippen LogP contribution in [0, 0.1) is 0 Å². The van der Waals surface area contributed by atoms with E-state index in [-0.39, 0.29) is 23.1 Å². The van der Waals surface area contributed by atoms with Crippen LogP contribution in [0.25, 0.3) is 0 Å². The maximum atomic E-state index is 11.6. The van der Waals surface area contributed by atoms with Crippen molar-refractivity contribution in [2.24, 2.45) is 5.10 Å². The van der Waals surface area contributed by atoms with Crippen molar-refractivity contribution in [3.05, 3.63) is 46.1 Å². The largest absolute Gasteiger partial charge is 0.742 e. The Labute approximate surface area is 146 Å². The maximum Gasteiger partial charge on any atom is 0.277 e. The fraction of sp³-hybridized carbons (Fsp3) is 0.0769. The van der Waals surface area contributed by atoms with Gasteiger partial charge in [-0.3, -0.25) is 4.79 Å². The molecule has 1 heterocycles. The number of amides is 1. The molecule has 11 heteroatoms. The second kappa shape index (κ2) is 7.67. The van der Waals surface area contributed by atoms with Crippen LogP contribution in [0.1, 0.15) is 5.76 Å². The predicted molar refractivity (Wildman–Crippen MR) is 84.4 cm³/mol. The zero-order valence-electron chi connectivity index (χ0n) is 11.7. The highest BCUT2D eigenvalue weighted by molar-refractivity contribution is 7.85. The lowest BCUT2D eigenvalue weighted by molar-refractivity contribution is -0.123. The van der Waals surface area contributed by atoms with Crippen LogP contribution in [-0.2, 0) is 14.9 Å². The average molecular weight is 392 g/mol. The lowest BCUT2D eigenvalue weighted by Gasteiger charge is -2.06. The molecule has 0 saturated carbocycles. The van der Waals surface area contributed by atoms with E-state index in [9.17, 15) is 17.8 Å². The number of ether oxygens (including phenoxy) is 1. The van der Waals surface area contributed by atoms with Gasteiger partial charge >= 0.3 is 0 Å². The number of hydrogen-bond donors (Lipinski definition) is 1. The first-order chi connectivity index (χ1) is 11.3. The Hall–Kier alpha value is -2.07. The second-order valence-corrected chi connectivity index (χ2v) is 6.42. The Balaban J connectivity index is 1.85. The third-order valence-electron chi connectivity index (χ3n) is 2.48. The molecule has 0 atom stereocenters. The van der Waals surface area contributed by atoms with Gasteiger partial charge < -0.3 is 13.7 Å². The number of carbonyl (C=O) groups excluding carboxylic acids is 1. The molecular formula is C13H9Cl2N2O6S-. The van der Waals surface area contributed by atoms with Gasteiger partial charge in [0.05, 0.1) is 11.2 Å². The number of rotatable bonds is 6. The molecule has 0 aliphatic rings. The highest BCUT2D eigenvalue weighted by atomic mass is 35.5. The van der Waals surface area contributed by atoms with E-state index in [1.807, 2.05) is 0 Å². The first kappa shape index (κ1) is 18.3. The Kier molecular flexibility index (Phi) is 5.84. The highest BCUT2D eigenvalue weighted by Crippen LogP contribution is 2.27. The van der Waals surface area contributed by atoms with Crippen molar-refractivity contribution in [2.45, 2.75) is 5.09 Å². The number of benzene rings is 1. The number of nitrogens with zero attached hydrogens (tertiary/aromatic N) is 1. The van der Waals surface area contributed by atoms with Crippen molar-refractivity contribution in [1.29, 1.82) is 0 Å². The summed E-state index contributed by atoms with van der Waals surface area (Å²) in [5.41, 5.74) is 2.13. The van der Waals surface area contributed by atoms with Crippen LogP contribution in [0.5, 0.6) is 5.75 Å². The molecule has 24 heavy (non-hydrogen) atoms. The molecule has 0 unspecified atom stereocenters. The molecule has 0 bridgehead atoms. The number of hydrogen-bond acceptors (Lipinski definition) is 7. The summed E-state index contributed by atoms with van der Waals surface area (Å²) in [6.45, 7) is -0.364. The van der Waals surface area contributed by atoms with E-state index in [1.54, 1.807) is 6.07 Å². The summed E-state index contributed by atoms with van der Waals surface area (Å²) >= 11 is 11.6. The van der Waals surface area contributed by atoms with E-state index in [1.165, 1.54) is 18.2 Å². The maximum absolute atomic E-state index is 11.6. The first-order valence-corrected chi connectivity index (χ1v) is 8.37. The quantitative estimate of drug-likeness (QED) is 0.456. The molecule has 0 aliphatic carbocycles. The average Bonchev–Trinajstić information content (AvgIpc) is 2.95. The van der Waals surface area contributed by atoms with E-state index >= 15 is 0 Å². The molecule has 0 fully saturated rings. The van der Waals surface area contributed by atoms with E-state index in [0.717, 1.165) is 12.3 Å². The van der Waals surface area contributed by atoms with Gasteiger partial charge in [-0.25, -0.2) is 13.8 Å². The molecule has 2 aromatic rings. The molecule has 2 rings (SSSR count). The highest BCUT2D eigenvalue weighted by Gasteiger charge is 2.07. The van der Waals surface area contributed by atoms with Gasteiger partial charge in [-0.15, -0.1) is 0 Å². The monoisotopic (exact) mass is 391 g/mol. The Morgan fingerprint density at radius 3 is 2.71 bits per heavy atom. The molecule has 1 aromatic carbocycles. The SMILES string of the molecule is O=C(COc1ccc(Cl)cc1Cl)NN=Cc1ccc(S(=O)(=O)[O-])o1. The van der Waals surface area contributed by atoms with Crippen LogP contribution in [-0.4, -0.2) is 31.7 Å². The standard InChI is InChI=1S/C13H10Cl2N2O6S/c14-8-1-3-11(10(15)5-8)22-7-12(18)17-16-6-9-2-4-13(23-9)24(19,20)21/h1-6H,7H2,(H,17,18)(H,19,20,21)/p-1. The third kappa shape index (κ3) is 5.24. The Bertz CT molecular complexity index is 878. The number of nitrogens with one attached hydrogen (secondary N) is 1. The number of halogens is 2. The third-order valence-corrected chi connectivity index (χ3v) is 3.72. The Morgan fingerprint density at radius 2 is 2.08 bits per heavy atom. The molecule has 1 N–H and O–H groups in total. The van der Waals surface area contributed by atoms with Gasteiger partial charge in [0, 0.05) is 5.02 Å². The van der Waals surface area contributed by atoms with Crippen LogP contribution < -0.4 is 10.2 Å². The van der Waals surface area contributed by atoms with E-state index in [2.05, 4.69) is 10.5 Å². The molecule has 0 radical (unpaired) electrons.